The number of benzene rings is 1. The molecule has 3 heteroatoms. The number of nitrogens with zero attached hydrogens (tertiary/aromatic N) is 2. The Kier molecular flexibility index (Phi) is 4.16. The van der Waals surface area contributed by atoms with Gasteiger partial charge in [-0.25, -0.2) is 0 Å². The summed E-state index contributed by atoms with van der Waals surface area (Å²) in [6.07, 6.45) is 7.34. The maximum atomic E-state index is 12.2. The molecular weight excluding hydrogens is 248 g/mol. The second-order valence-electron chi connectivity index (χ2n) is 5.69. The van der Waals surface area contributed by atoms with Gasteiger partial charge in [-0.3, -0.25) is 9.69 Å². The van der Waals surface area contributed by atoms with Gasteiger partial charge in [0.25, 0.3) is 0 Å². The van der Waals surface area contributed by atoms with Gasteiger partial charge in [-0.1, -0.05) is 30.3 Å². The zero-order valence-electron chi connectivity index (χ0n) is 11.9. The number of amides is 1. The maximum absolute atomic E-state index is 12.2. The van der Waals surface area contributed by atoms with Crippen molar-refractivity contribution < 1.29 is 4.79 Å². The van der Waals surface area contributed by atoms with Crippen LogP contribution in [-0.4, -0.2) is 41.9 Å². The van der Waals surface area contributed by atoms with Gasteiger partial charge in [0, 0.05) is 25.7 Å². The van der Waals surface area contributed by atoms with Crippen LogP contribution < -0.4 is 0 Å². The number of carbonyl (C=O) groups excluding carboxylic acids is 1. The molecule has 1 fully saturated rings. The lowest BCUT2D eigenvalue weighted by atomic mass is 10.00. The van der Waals surface area contributed by atoms with E-state index in [-0.39, 0.29) is 5.91 Å². The van der Waals surface area contributed by atoms with Gasteiger partial charge in [0.05, 0.1) is 0 Å². The first-order valence-corrected chi connectivity index (χ1v) is 7.57. The highest BCUT2D eigenvalue weighted by atomic mass is 16.2. The van der Waals surface area contributed by atoms with Gasteiger partial charge in [0.15, 0.2) is 0 Å². The van der Waals surface area contributed by atoms with Crippen molar-refractivity contribution in [1.29, 1.82) is 0 Å². The van der Waals surface area contributed by atoms with E-state index in [4.69, 9.17) is 0 Å². The van der Waals surface area contributed by atoms with E-state index in [0.717, 1.165) is 26.1 Å². The summed E-state index contributed by atoms with van der Waals surface area (Å²) >= 11 is 0. The third-order valence-electron chi connectivity index (χ3n) is 4.27. The fraction of sp³-hybridized carbons (Fsp3) is 0.471. The van der Waals surface area contributed by atoms with Gasteiger partial charge in [-0.05, 0) is 43.5 Å². The van der Waals surface area contributed by atoms with Crippen LogP contribution in [0.25, 0.3) is 0 Å². The van der Waals surface area contributed by atoms with Crippen LogP contribution in [0.5, 0.6) is 0 Å². The number of rotatable bonds is 3. The number of hydrogen-bond donors (Lipinski definition) is 0. The van der Waals surface area contributed by atoms with Crippen LogP contribution in [-0.2, 0) is 17.8 Å². The average molecular weight is 270 g/mol. The molecule has 2 aliphatic heterocycles. The molecule has 1 amide bonds. The number of likely N-dealkylation sites (tertiary alicyclic amines) is 1. The van der Waals surface area contributed by atoms with Crippen LogP contribution >= 0.6 is 0 Å². The zero-order chi connectivity index (χ0) is 13.8. The number of hydrogen-bond acceptors (Lipinski definition) is 2. The largest absolute Gasteiger partial charge is 0.335 e. The van der Waals surface area contributed by atoms with Crippen LogP contribution in [0.2, 0.25) is 0 Å². The Bertz CT molecular complexity index is 503. The topological polar surface area (TPSA) is 23.6 Å². The molecule has 3 rings (SSSR count). The molecule has 1 aromatic carbocycles. The van der Waals surface area contributed by atoms with E-state index in [9.17, 15) is 4.79 Å². The van der Waals surface area contributed by atoms with Crippen molar-refractivity contribution in [3.8, 4) is 0 Å². The molecule has 0 N–H and O–H groups in total. The van der Waals surface area contributed by atoms with Crippen LogP contribution in [0.3, 0.4) is 0 Å². The van der Waals surface area contributed by atoms with Crippen LogP contribution in [0.15, 0.2) is 36.4 Å². The molecule has 0 saturated carbocycles. The van der Waals surface area contributed by atoms with Gasteiger partial charge >= 0.3 is 0 Å². The van der Waals surface area contributed by atoms with E-state index in [1.54, 1.807) is 6.08 Å². The monoisotopic (exact) mass is 270 g/mol. The summed E-state index contributed by atoms with van der Waals surface area (Å²) in [5.41, 5.74) is 2.68. The smallest absolute Gasteiger partial charge is 0.246 e. The molecule has 20 heavy (non-hydrogen) atoms. The SMILES string of the molecule is O=C(/C=C/CN1CCCC1)N1CCc2ccccc2C1. The lowest BCUT2D eigenvalue weighted by Crippen LogP contribution is -2.34. The number of fused-ring (bicyclic) bond motifs is 1. The molecular formula is C17H22N2O. The molecule has 106 valence electrons. The minimum atomic E-state index is 0.152. The fourth-order valence-electron chi connectivity index (χ4n) is 3.06. The van der Waals surface area contributed by atoms with Crippen molar-refractivity contribution in [3.63, 3.8) is 0 Å². The minimum Gasteiger partial charge on any atom is -0.335 e. The van der Waals surface area contributed by atoms with Crippen molar-refractivity contribution in [1.82, 2.24) is 9.80 Å². The minimum absolute atomic E-state index is 0.152. The molecule has 1 saturated heterocycles. The fourth-order valence-corrected chi connectivity index (χ4v) is 3.06. The molecule has 2 heterocycles. The lowest BCUT2D eigenvalue weighted by Gasteiger charge is -2.28. The Hall–Kier alpha value is -1.61. The van der Waals surface area contributed by atoms with Crippen LogP contribution in [0.4, 0.5) is 0 Å². The Labute approximate surface area is 120 Å². The van der Waals surface area contributed by atoms with Gasteiger partial charge in [0.2, 0.25) is 5.91 Å². The Morgan fingerprint density at radius 3 is 2.65 bits per heavy atom. The first-order chi connectivity index (χ1) is 9.83. The highest BCUT2D eigenvalue weighted by Gasteiger charge is 2.18. The third kappa shape index (κ3) is 3.10. The predicted molar refractivity (Wildman–Crippen MR) is 80.4 cm³/mol. The third-order valence-corrected chi connectivity index (χ3v) is 4.27. The standard InChI is InChI=1S/C17H22N2O/c20-17(8-5-12-18-10-3-4-11-18)19-13-9-15-6-1-2-7-16(15)14-19/h1-2,5-8H,3-4,9-14H2/b8-5+. The second kappa shape index (κ2) is 6.23. The lowest BCUT2D eigenvalue weighted by molar-refractivity contribution is -0.126. The van der Waals surface area contributed by atoms with Gasteiger partial charge in [-0.2, -0.15) is 0 Å². The highest BCUT2D eigenvalue weighted by Crippen LogP contribution is 2.18. The molecule has 1 aromatic rings. The molecule has 2 aliphatic rings. The van der Waals surface area contributed by atoms with Gasteiger partial charge in [-0.15, -0.1) is 0 Å². The number of carbonyl (C=O) groups is 1. The van der Waals surface area contributed by atoms with Crippen molar-refractivity contribution in [2.24, 2.45) is 0 Å². The van der Waals surface area contributed by atoms with Crippen LogP contribution in [0, 0.1) is 0 Å². The first-order valence-electron chi connectivity index (χ1n) is 7.57. The Balaban J connectivity index is 1.54. The zero-order valence-corrected chi connectivity index (χ0v) is 11.9. The second-order valence-corrected chi connectivity index (χ2v) is 5.69. The summed E-state index contributed by atoms with van der Waals surface area (Å²) in [6.45, 7) is 4.86. The van der Waals surface area contributed by atoms with Crippen molar-refractivity contribution in [3.05, 3.63) is 47.5 Å². The molecule has 0 bridgehead atoms. The summed E-state index contributed by atoms with van der Waals surface area (Å²) in [4.78, 5) is 16.5. The normalized spacial score (nSPS) is 19.5. The molecule has 3 nitrogen and oxygen atoms in total. The van der Waals surface area contributed by atoms with Gasteiger partial charge in [0.1, 0.15) is 0 Å². The molecule has 0 atom stereocenters. The van der Waals surface area contributed by atoms with E-state index in [0.29, 0.717) is 0 Å². The van der Waals surface area contributed by atoms with E-state index in [2.05, 4.69) is 29.2 Å². The van der Waals surface area contributed by atoms with Crippen molar-refractivity contribution in [2.75, 3.05) is 26.2 Å². The Morgan fingerprint density at radius 1 is 1.10 bits per heavy atom. The summed E-state index contributed by atoms with van der Waals surface area (Å²) in [6, 6.07) is 8.42. The molecule has 0 unspecified atom stereocenters. The van der Waals surface area contributed by atoms with Crippen LogP contribution in [0.1, 0.15) is 24.0 Å². The van der Waals surface area contributed by atoms with Crippen molar-refractivity contribution >= 4 is 5.91 Å². The summed E-state index contributed by atoms with van der Waals surface area (Å²) < 4.78 is 0. The van der Waals surface area contributed by atoms with E-state index < -0.39 is 0 Å². The highest BCUT2D eigenvalue weighted by molar-refractivity contribution is 5.87. The summed E-state index contributed by atoms with van der Waals surface area (Å²) in [7, 11) is 0. The molecule has 0 radical (unpaired) electrons. The van der Waals surface area contributed by atoms with E-state index in [1.165, 1.54) is 37.1 Å². The molecule has 0 aliphatic carbocycles. The maximum Gasteiger partial charge on any atom is 0.246 e. The van der Waals surface area contributed by atoms with Gasteiger partial charge < -0.3 is 4.90 Å². The average Bonchev–Trinajstić information content (AvgIpc) is 3.00. The quantitative estimate of drug-likeness (QED) is 0.786. The van der Waals surface area contributed by atoms with E-state index >= 15 is 0 Å². The van der Waals surface area contributed by atoms with Crippen molar-refractivity contribution in [2.45, 2.75) is 25.8 Å². The summed E-state index contributed by atoms with van der Waals surface area (Å²) in [5, 5.41) is 0. The molecule has 0 spiro atoms. The summed E-state index contributed by atoms with van der Waals surface area (Å²) in [5.74, 6) is 0.152. The van der Waals surface area contributed by atoms with E-state index in [1.807, 2.05) is 11.0 Å². The predicted octanol–water partition coefficient (Wildman–Crippen LogP) is 2.22. The Morgan fingerprint density at radius 2 is 1.85 bits per heavy atom. The first kappa shape index (κ1) is 13.4. The molecule has 0 aromatic heterocycles.